The molecule has 2 rings (SSSR count). The van der Waals surface area contributed by atoms with Crippen LogP contribution in [0.5, 0.6) is 0 Å². The number of carbonyl (C=O) groups is 1. The first-order valence-corrected chi connectivity index (χ1v) is 4.60. The molecule has 70 valence electrons. The molecule has 1 aromatic heterocycles. The molecular weight excluding hydrogens is 166 g/mol. The molecule has 1 heterocycles. The third-order valence-corrected chi connectivity index (χ3v) is 2.35. The first kappa shape index (κ1) is 8.35. The van der Waals surface area contributed by atoms with E-state index in [-0.39, 0.29) is 17.9 Å². The fourth-order valence-electron chi connectivity index (χ4n) is 1.28. The van der Waals surface area contributed by atoms with Crippen molar-refractivity contribution in [1.82, 2.24) is 5.32 Å². The normalized spacial score (nSPS) is 18.2. The lowest BCUT2D eigenvalue weighted by molar-refractivity contribution is -0.122. The molecule has 1 saturated carbocycles. The van der Waals surface area contributed by atoms with Gasteiger partial charge in [0.25, 0.3) is 0 Å². The molecule has 1 N–H and O–H groups in total. The van der Waals surface area contributed by atoms with Gasteiger partial charge in [-0.05, 0) is 25.8 Å². The van der Waals surface area contributed by atoms with Crippen LogP contribution >= 0.6 is 0 Å². The first-order chi connectivity index (χ1) is 6.27. The predicted molar refractivity (Wildman–Crippen MR) is 48.0 cm³/mol. The molecule has 1 fully saturated rings. The molecule has 1 atom stereocenters. The lowest BCUT2D eigenvalue weighted by atomic mass is 10.2. The molecule has 1 aromatic rings. The third-order valence-electron chi connectivity index (χ3n) is 2.35. The van der Waals surface area contributed by atoms with E-state index in [4.69, 9.17) is 4.42 Å². The van der Waals surface area contributed by atoms with Crippen molar-refractivity contribution in [2.45, 2.75) is 25.8 Å². The van der Waals surface area contributed by atoms with Crippen LogP contribution in [0.4, 0.5) is 0 Å². The highest BCUT2D eigenvalue weighted by Crippen LogP contribution is 2.29. The van der Waals surface area contributed by atoms with Crippen molar-refractivity contribution in [3.63, 3.8) is 0 Å². The summed E-state index contributed by atoms with van der Waals surface area (Å²) in [5.41, 5.74) is 1.02. The molecule has 1 aliphatic carbocycles. The molecule has 0 aliphatic heterocycles. The minimum atomic E-state index is 0.0619. The van der Waals surface area contributed by atoms with E-state index >= 15 is 0 Å². The number of carbonyl (C=O) groups excluding carboxylic acids is 1. The number of hydrogen-bond acceptors (Lipinski definition) is 2. The second kappa shape index (κ2) is 3.24. The Hall–Kier alpha value is -1.25. The van der Waals surface area contributed by atoms with Gasteiger partial charge in [-0.2, -0.15) is 0 Å². The summed E-state index contributed by atoms with van der Waals surface area (Å²) in [6.07, 6.45) is 5.38. The highest BCUT2D eigenvalue weighted by Gasteiger charge is 2.30. The minimum Gasteiger partial charge on any atom is -0.472 e. The van der Waals surface area contributed by atoms with Crippen molar-refractivity contribution in [3.8, 4) is 0 Å². The molecule has 0 aromatic carbocycles. The number of amides is 1. The van der Waals surface area contributed by atoms with E-state index in [1.54, 1.807) is 12.5 Å². The molecule has 0 bridgehead atoms. The predicted octanol–water partition coefficient (Wildman–Crippen LogP) is 1.87. The van der Waals surface area contributed by atoms with Crippen molar-refractivity contribution in [3.05, 3.63) is 24.2 Å². The van der Waals surface area contributed by atoms with Gasteiger partial charge in [-0.25, -0.2) is 0 Å². The molecule has 3 nitrogen and oxygen atoms in total. The molecular formula is C10H13NO2. The van der Waals surface area contributed by atoms with E-state index in [9.17, 15) is 4.79 Å². The molecule has 0 radical (unpaired) electrons. The summed E-state index contributed by atoms with van der Waals surface area (Å²) < 4.78 is 4.94. The topological polar surface area (TPSA) is 42.2 Å². The summed E-state index contributed by atoms with van der Waals surface area (Å²) in [6.45, 7) is 1.96. The number of rotatable bonds is 3. The monoisotopic (exact) mass is 179 g/mol. The van der Waals surface area contributed by atoms with Gasteiger partial charge in [0, 0.05) is 11.5 Å². The molecule has 1 aliphatic rings. The van der Waals surface area contributed by atoms with Crippen LogP contribution in [0.1, 0.15) is 31.4 Å². The van der Waals surface area contributed by atoms with Crippen LogP contribution < -0.4 is 5.32 Å². The Morgan fingerprint density at radius 1 is 1.69 bits per heavy atom. The van der Waals surface area contributed by atoms with Gasteiger partial charge in [0.2, 0.25) is 5.91 Å². The quantitative estimate of drug-likeness (QED) is 0.769. The zero-order chi connectivity index (χ0) is 9.26. The smallest absolute Gasteiger partial charge is 0.223 e. The Balaban J connectivity index is 1.90. The summed E-state index contributed by atoms with van der Waals surface area (Å²) in [5, 5.41) is 2.95. The van der Waals surface area contributed by atoms with Crippen LogP contribution in [0, 0.1) is 5.92 Å². The minimum absolute atomic E-state index is 0.0619. The maximum atomic E-state index is 11.4. The van der Waals surface area contributed by atoms with Crippen LogP contribution in [-0.4, -0.2) is 5.91 Å². The summed E-state index contributed by atoms with van der Waals surface area (Å²) >= 11 is 0. The van der Waals surface area contributed by atoms with Gasteiger partial charge in [-0.1, -0.05) is 0 Å². The van der Waals surface area contributed by atoms with E-state index < -0.39 is 0 Å². The number of furan rings is 1. The van der Waals surface area contributed by atoms with E-state index in [1.165, 1.54) is 0 Å². The number of hydrogen-bond donors (Lipinski definition) is 1. The zero-order valence-corrected chi connectivity index (χ0v) is 7.62. The van der Waals surface area contributed by atoms with Crippen molar-refractivity contribution >= 4 is 5.91 Å². The fourth-order valence-corrected chi connectivity index (χ4v) is 1.28. The van der Waals surface area contributed by atoms with Gasteiger partial charge in [-0.15, -0.1) is 0 Å². The Kier molecular flexibility index (Phi) is 2.08. The molecule has 1 amide bonds. The largest absolute Gasteiger partial charge is 0.472 e. The first-order valence-electron chi connectivity index (χ1n) is 4.60. The Morgan fingerprint density at radius 2 is 2.46 bits per heavy atom. The van der Waals surface area contributed by atoms with Gasteiger partial charge in [0.1, 0.15) is 0 Å². The molecule has 3 heteroatoms. The summed E-state index contributed by atoms with van der Waals surface area (Å²) in [4.78, 5) is 11.4. The lowest BCUT2D eigenvalue weighted by Gasteiger charge is -2.10. The zero-order valence-electron chi connectivity index (χ0n) is 7.62. The Labute approximate surface area is 77.1 Å². The van der Waals surface area contributed by atoms with Gasteiger partial charge < -0.3 is 9.73 Å². The second-order valence-corrected chi connectivity index (χ2v) is 3.56. The standard InChI is InChI=1S/C10H13NO2/c1-7(9-4-5-13-6-9)11-10(12)8-2-3-8/h4-8H,2-3H2,1H3,(H,11,12). The number of nitrogens with one attached hydrogen (secondary N) is 1. The van der Waals surface area contributed by atoms with Crippen molar-refractivity contribution in [1.29, 1.82) is 0 Å². The summed E-state index contributed by atoms with van der Waals surface area (Å²) in [6, 6.07) is 1.93. The average molecular weight is 179 g/mol. The van der Waals surface area contributed by atoms with Gasteiger partial charge in [0.15, 0.2) is 0 Å². The summed E-state index contributed by atoms with van der Waals surface area (Å²) in [7, 11) is 0. The van der Waals surface area contributed by atoms with Gasteiger partial charge >= 0.3 is 0 Å². The van der Waals surface area contributed by atoms with Gasteiger partial charge in [0.05, 0.1) is 18.6 Å². The molecule has 0 spiro atoms. The van der Waals surface area contributed by atoms with Crippen LogP contribution in [-0.2, 0) is 4.79 Å². The van der Waals surface area contributed by atoms with Crippen molar-refractivity contribution in [2.75, 3.05) is 0 Å². The van der Waals surface area contributed by atoms with E-state index in [2.05, 4.69) is 5.32 Å². The van der Waals surface area contributed by atoms with Crippen molar-refractivity contribution in [2.24, 2.45) is 5.92 Å². The van der Waals surface area contributed by atoms with Crippen LogP contribution in [0.25, 0.3) is 0 Å². The van der Waals surface area contributed by atoms with Crippen molar-refractivity contribution < 1.29 is 9.21 Å². The lowest BCUT2D eigenvalue weighted by Crippen LogP contribution is -2.27. The average Bonchev–Trinajstić information content (AvgIpc) is 2.81. The maximum absolute atomic E-state index is 11.4. The highest BCUT2D eigenvalue weighted by molar-refractivity contribution is 5.81. The SMILES string of the molecule is CC(NC(=O)C1CC1)c1ccoc1. The maximum Gasteiger partial charge on any atom is 0.223 e. The van der Waals surface area contributed by atoms with E-state index in [0.717, 1.165) is 18.4 Å². The molecule has 0 saturated heterocycles. The van der Waals surface area contributed by atoms with Crippen LogP contribution in [0.2, 0.25) is 0 Å². The third kappa shape index (κ3) is 1.91. The highest BCUT2D eigenvalue weighted by atomic mass is 16.3. The molecule has 1 unspecified atom stereocenters. The second-order valence-electron chi connectivity index (χ2n) is 3.56. The van der Waals surface area contributed by atoms with Gasteiger partial charge in [-0.3, -0.25) is 4.79 Å². The van der Waals surface area contributed by atoms with E-state index in [0.29, 0.717) is 0 Å². The Morgan fingerprint density at radius 3 is 3.00 bits per heavy atom. The fraction of sp³-hybridized carbons (Fsp3) is 0.500. The van der Waals surface area contributed by atoms with Crippen LogP contribution in [0.15, 0.2) is 23.0 Å². The Bertz CT molecular complexity index is 288. The molecule has 13 heavy (non-hydrogen) atoms. The summed E-state index contributed by atoms with van der Waals surface area (Å²) in [5.74, 6) is 0.447. The van der Waals surface area contributed by atoms with E-state index in [1.807, 2.05) is 13.0 Å². The van der Waals surface area contributed by atoms with Crippen LogP contribution in [0.3, 0.4) is 0 Å².